The molecule has 5 nitrogen and oxygen atoms in total. The minimum atomic E-state index is -0.349. The van der Waals surface area contributed by atoms with Crippen LogP contribution in [0.3, 0.4) is 0 Å². The Morgan fingerprint density at radius 1 is 1.45 bits per heavy atom. The van der Waals surface area contributed by atoms with Gasteiger partial charge >= 0.3 is 0 Å². The van der Waals surface area contributed by atoms with Crippen LogP contribution in [0.15, 0.2) is 18.2 Å². The van der Waals surface area contributed by atoms with Crippen molar-refractivity contribution in [2.24, 2.45) is 11.7 Å². The number of rotatable bonds is 6. The van der Waals surface area contributed by atoms with Crippen LogP contribution < -0.4 is 11.1 Å². The van der Waals surface area contributed by atoms with Gasteiger partial charge in [0, 0.05) is 12.6 Å². The van der Waals surface area contributed by atoms with E-state index in [0.717, 1.165) is 5.52 Å². The minimum Gasteiger partial charge on any atom is -0.354 e. The zero-order valence-corrected chi connectivity index (χ0v) is 13.3. The van der Waals surface area contributed by atoms with E-state index in [-0.39, 0.29) is 24.3 Å². The van der Waals surface area contributed by atoms with Gasteiger partial charge in [-0.15, -0.1) is 0 Å². The Balaban J connectivity index is 2.34. The molecule has 0 aliphatic rings. The summed E-state index contributed by atoms with van der Waals surface area (Å²) in [4.78, 5) is 16.5. The Kier molecular flexibility index (Phi) is 5.13. The molecule has 1 aromatic carbocycles. The lowest BCUT2D eigenvalue weighted by Crippen LogP contribution is -2.31. The van der Waals surface area contributed by atoms with Crippen LogP contribution >= 0.6 is 0 Å². The van der Waals surface area contributed by atoms with Crippen LogP contribution in [0, 0.1) is 11.7 Å². The largest absolute Gasteiger partial charge is 0.354 e. The van der Waals surface area contributed by atoms with Gasteiger partial charge in [-0.3, -0.25) is 4.79 Å². The van der Waals surface area contributed by atoms with E-state index in [4.69, 9.17) is 5.73 Å². The van der Waals surface area contributed by atoms with Crippen molar-refractivity contribution in [2.45, 2.75) is 39.8 Å². The van der Waals surface area contributed by atoms with Crippen LogP contribution in [-0.2, 0) is 11.3 Å². The van der Waals surface area contributed by atoms with Crippen LogP contribution in [-0.4, -0.2) is 22.0 Å². The summed E-state index contributed by atoms with van der Waals surface area (Å²) in [6.45, 7) is 6.78. The summed E-state index contributed by atoms with van der Waals surface area (Å²) < 4.78 is 15.1. The summed E-state index contributed by atoms with van der Waals surface area (Å²) in [6.07, 6.45) is 0.694. The highest BCUT2D eigenvalue weighted by atomic mass is 19.1. The van der Waals surface area contributed by atoms with Gasteiger partial charge in [-0.25, -0.2) is 9.37 Å². The van der Waals surface area contributed by atoms with Gasteiger partial charge in [0.1, 0.15) is 18.2 Å². The predicted molar refractivity (Wildman–Crippen MR) is 84.8 cm³/mol. The number of benzene rings is 1. The molecular formula is C16H23FN4O. The molecule has 0 bridgehead atoms. The van der Waals surface area contributed by atoms with Crippen molar-refractivity contribution in [3.8, 4) is 0 Å². The standard InChI is InChI=1S/C16H23FN4O/c1-4-12(18)16-20-13-7-11(17)5-6-14(13)21(16)9-15(22)19-8-10(2)3/h5-7,10,12H,4,8-9,18H2,1-3H3,(H,19,22). The molecule has 1 atom stereocenters. The average Bonchev–Trinajstić information content (AvgIpc) is 2.82. The van der Waals surface area contributed by atoms with Crippen molar-refractivity contribution in [1.82, 2.24) is 14.9 Å². The third kappa shape index (κ3) is 3.62. The summed E-state index contributed by atoms with van der Waals surface area (Å²) in [5, 5.41) is 2.88. The number of nitrogens with two attached hydrogens (primary N) is 1. The average molecular weight is 306 g/mol. The lowest BCUT2D eigenvalue weighted by Gasteiger charge is -2.14. The fourth-order valence-corrected chi connectivity index (χ4v) is 2.27. The van der Waals surface area contributed by atoms with Crippen LogP contribution in [0.1, 0.15) is 39.1 Å². The topological polar surface area (TPSA) is 72.9 Å². The lowest BCUT2D eigenvalue weighted by molar-refractivity contribution is -0.121. The van der Waals surface area contributed by atoms with E-state index in [9.17, 15) is 9.18 Å². The van der Waals surface area contributed by atoms with Crippen LogP contribution in [0.5, 0.6) is 0 Å². The van der Waals surface area contributed by atoms with E-state index in [2.05, 4.69) is 10.3 Å². The third-order valence-corrected chi connectivity index (χ3v) is 3.52. The molecule has 22 heavy (non-hydrogen) atoms. The molecule has 1 amide bonds. The number of nitrogens with zero attached hydrogens (tertiary/aromatic N) is 2. The van der Waals surface area contributed by atoms with Crippen molar-refractivity contribution in [3.63, 3.8) is 0 Å². The first-order chi connectivity index (χ1) is 10.4. The number of fused-ring (bicyclic) bond motifs is 1. The molecule has 0 saturated carbocycles. The van der Waals surface area contributed by atoms with E-state index < -0.39 is 0 Å². The monoisotopic (exact) mass is 306 g/mol. The molecule has 0 saturated heterocycles. The van der Waals surface area contributed by atoms with Crippen LogP contribution in [0.25, 0.3) is 11.0 Å². The molecule has 2 rings (SSSR count). The fourth-order valence-electron chi connectivity index (χ4n) is 2.27. The molecule has 6 heteroatoms. The summed E-state index contributed by atoms with van der Waals surface area (Å²) in [7, 11) is 0. The smallest absolute Gasteiger partial charge is 0.240 e. The minimum absolute atomic E-state index is 0.0955. The number of amides is 1. The van der Waals surface area contributed by atoms with Gasteiger partial charge in [0.15, 0.2) is 0 Å². The lowest BCUT2D eigenvalue weighted by atomic mass is 10.2. The van der Waals surface area contributed by atoms with Gasteiger partial charge < -0.3 is 15.6 Å². The number of nitrogens with one attached hydrogen (secondary N) is 1. The number of hydrogen-bond acceptors (Lipinski definition) is 3. The zero-order chi connectivity index (χ0) is 16.3. The van der Waals surface area contributed by atoms with Gasteiger partial charge in [0.05, 0.1) is 17.1 Å². The highest BCUT2D eigenvalue weighted by molar-refractivity contribution is 5.81. The Morgan fingerprint density at radius 2 is 2.18 bits per heavy atom. The molecule has 0 aliphatic carbocycles. The Bertz CT molecular complexity index is 665. The van der Waals surface area contributed by atoms with Gasteiger partial charge in [-0.1, -0.05) is 20.8 Å². The van der Waals surface area contributed by atoms with Gasteiger partial charge in [-0.2, -0.15) is 0 Å². The van der Waals surface area contributed by atoms with Crippen LogP contribution in [0.4, 0.5) is 4.39 Å². The van der Waals surface area contributed by atoms with Crippen LogP contribution in [0.2, 0.25) is 0 Å². The second-order valence-electron chi connectivity index (χ2n) is 5.90. The summed E-state index contributed by atoms with van der Waals surface area (Å²) in [5.74, 6) is 0.553. The number of carbonyl (C=O) groups is 1. The quantitative estimate of drug-likeness (QED) is 0.860. The molecule has 1 heterocycles. The summed E-state index contributed by atoms with van der Waals surface area (Å²) in [5.41, 5.74) is 7.33. The first-order valence-corrected chi connectivity index (χ1v) is 7.60. The van der Waals surface area contributed by atoms with Gasteiger partial charge in [0.25, 0.3) is 0 Å². The van der Waals surface area contributed by atoms with Crippen molar-refractivity contribution >= 4 is 16.9 Å². The number of halogens is 1. The Morgan fingerprint density at radius 3 is 2.82 bits per heavy atom. The number of imidazole rings is 1. The summed E-state index contributed by atoms with van der Waals surface area (Å²) in [6, 6.07) is 4.09. The molecular weight excluding hydrogens is 283 g/mol. The van der Waals surface area contributed by atoms with Gasteiger partial charge in [-0.05, 0) is 24.5 Å². The maximum atomic E-state index is 13.4. The maximum absolute atomic E-state index is 13.4. The second-order valence-corrected chi connectivity index (χ2v) is 5.90. The van der Waals surface area contributed by atoms with E-state index in [1.165, 1.54) is 12.1 Å². The SMILES string of the molecule is CCC(N)c1nc2cc(F)ccc2n1CC(=O)NCC(C)C. The molecule has 0 radical (unpaired) electrons. The Hall–Kier alpha value is -1.95. The van der Waals surface area contributed by atoms with E-state index in [0.29, 0.717) is 30.2 Å². The first-order valence-electron chi connectivity index (χ1n) is 7.60. The molecule has 120 valence electrons. The molecule has 3 N–H and O–H groups in total. The summed E-state index contributed by atoms with van der Waals surface area (Å²) >= 11 is 0. The molecule has 2 aromatic rings. The number of carbonyl (C=O) groups excluding carboxylic acids is 1. The molecule has 0 spiro atoms. The molecule has 0 fully saturated rings. The first kappa shape index (κ1) is 16.4. The van der Waals surface area contributed by atoms with E-state index in [1.807, 2.05) is 20.8 Å². The predicted octanol–water partition coefficient (Wildman–Crippen LogP) is 2.36. The fraction of sp³-hybridized carbons (Fsp3) is 0.500. The van der Waals surface area contributed by atoms with Crippen molar-refractivity contribution in [3.05, 3.63) is 29.8 Å². The zero-order valence-electron chi connectivity index (χ0n) is 13.3. The highest BCUT2D eigenvalue weighted by Gasteiger charge is 2.18. The highest BCUT2D eigenvalue weighted by Crippen LogP contribution is 2.22. The van der Waals surface area contributed by atoms with Crippen molar-refractivity contribution < 1.29 is 9.18 Å². The third-order valence-electron chi connectivity index (χ3n) is 3.52. The van der Waals surface area contributed by atoms with Gasteiger partial charge in [0.2, 0.25) is 5.91 Å². The molecule has 1 unspecified atom stereocenters. The second kappa shape index (κ2) is 6.87. The number of hydrogen-bond donors (Lipinski definition) is 2. The maximum Gasteiger partial charge on any atom is 0.240 e. The van der Waals surface area contributed by atoms with E-state index >= 15 is 0 Å². The molecule has 1 aromatic heterocycles. The van der Waals surface area contributed by atoms with Crippen molar-refractivity contribution in [2.75, 3.05) is 6.54 Å². The van der Waals surface area contributed by atoms with Crippen molar-refractivity contribution in [1.29, 1.82) is 0 Å². The Labute approximate surface area is 129 Å². The molecule has 0 aliphatic heterocycles. The number of aromatic nitrogens is 2. The van der Waals surface area contributed by atoms with E-state index in [1.54, 1.807) is 10.6 Å². The normalized spacial score (nSPS) is 12.8.